The highest BCUT2D eigenvalue weighted by molar-refractivity contribution is 7.80. The van der Waals surface area contributed by atoms with Gasteiger partial charge in [0.1, 0.15) is 0 Å². The molecule has 0 spiro atoms. The molecule has 0 saturated carbocycles. The van der Waals surface area contributed by atoms with Crippen LogP contribution in [0.5, 0.6) is 0 Å². The SMILES string of the molecule is CC(N)=C(C=O)NC(N)=S. The van der Waals surface area contributed by atoms with Crippen molar-refractivity contribution < 1.29 is 4.79 Å². The molecule has 0 fully saturated rings. The summed E-state index contributed by atoms with van der Waals surface area (Å²) in [6.45, 7) is 1.58. The molecule has 0 aromatic carbocycles. The molecule has 0 heterocycles. The highest BCUT2D eigenvalue weighted by atomic mass is 32.1. The van der Waals surface area contributed by atoms with Crippen LogP contribution in [0.1, 0.15) is 6.92 Å². The van der Waals surface area contributed by atoms with Gasteiger partial charge in [0, 0.05) is 5.70 Å². The van der Waals surface area contributed by atoms with E-state index in [2.05, 4.69) is 17.5 Å². The molecule has 5 N–H and O–H groups in total. The van der Waals surface area contributed by atoms with Crippen molar-refractivity contribution in [2.75, 3.05) is 0 Å². The van der Waals surface area contributed by atoms with Crippen LogP contribution < -0.4 is 16.8 Å². The maximum Gasteiger partial charge on any atom is 0.168 e. The lowest BCUT2D eigenvalue weighted by molar-refractivity contribution is -0.105. The number of nitrogens with two attached hydrogens (primary N) is 2. The maximum atomic E-state index is 10.2. The van der Waals surface area contributed by atoms with Crippen molar-refractivity contribution in [3.63, 3.8) is 0 Å². The molecule has 56 valence electrons. The second kappa shape index (κ2) is 3.84. The van der Waals surface area contributed by atoms with Crippen molar-refractivity contribution in [1.82, 2.24) is 5.32 Å². The first-order valence-corrected chi connectivity index (χ1v) is 2.96. The Hall–Kier alpha value is -1.10. The molecule has 4 nitrogen and oxygen atoms in total. The summed E-state index contributed by atoms with van der Waals surface area (Å²) in [7, 11) is 0. The van der Waals surface area contributed by atoms with E-state index >= 15 is 0 Å². The second-order valence-corrected chi connectivity index (χ2v) is 2.14. The topological polar surface area (TPSA) is 81.1 Å². The van der Waals surface area contributed by atoms with Crippen LogP contribution in [-0.2, 0) is 4.79 Å². The Bertz CT molecular complexity index is 183. The Balaban J connectivity index is 4.25. The Labute approximate surface area is 64.3 Å². The zero-order chi connectivity index (χ0) is 8.15. The molecule has 0 atom stereocenters. The summed E-state index contributed by atoms with van der Waals surface area (Å²) < 4.78 is 0. The minimum absolute atomic E-state index is 0.0342. The Morgan fingerprint density at radius 3 is 2.20 bits per heavy atom. The zero-order valence-corrected chi connectivity index (χ0v) is 6.37. The van der Waals surface area contributed by atoms with Crippen LogP contribution in [0.2, 0.25) is 0 Å². The van der Waals surface area contributed by atoms with E-state index in [1.165, 1.54) is 0 Å². The number of allylic oxidation sites excluding steroid dienone is 2. The lowest BCUT2D eigenvalue weighted by atomic mass is 10.4. The molecule has 5 heteroatoms. The van der Waals surface area contributed by atoms with E-state index in [0.717, 1.165) is 0 Å². The van der Waals surface area contributed by atoms with E-state index in [1.54, 1.807) is 6.92 Å². The van der Waals surface area contributed by atoms with Crippen LogP contribution in [0.15, 0.2) is 11.4 Å². The molecule has 0 aliphatic rings. The Morgan fingerprint density at radius 2 is 2.10 bits per heavy atom. The molecule has 0 aliphatic carbocycles. The molecule has 0 amide bonds. The van der Waals surface area contributed by atoms with Crippen molar-refractivity contribution in [3.05, 3.63) is 11.4 Å². The van der Waals surface area contributed by atoms with Crippen LogP contribution in [-0.4, -0.2) is 11.4 Å². The highest BCUT2D eigenvalue weighted by Crippen LogP contribution is 1.87. The minimum Gasteiger partial charge on any atom is -0.400 e. The summed E-state index contributed by atoms with van der Waals surface area (Å²) in [5.41, 5.74) is 10.9. The summed E-state index contributed by atoms with van der Waals surface area (Å²) >= 11 is 4.48. The van der Waals surface area contributed by atoms with Crippen LogP contribution in [0, 0.1) is 0 Å². The van der Waals surface area contributed by atoms with E-state index in [4.69, 9.17) is 11.5 Å². The lowest BCUT2D eigenvalue weighted by Crippen LogP contribution is -2.30. The molecule has 0 aliphatic heterocycles. The number of thiocarbonyl (C=S) groups is 1. The number of rotatable bonds is 2. The number of nitrogens with one attached hydrogen (secondary N) is 1. The number of aldehydes is 1. The normalized spacial score (nSPS) is 11.7. The van der Waals surface area contributed by atoms with Gasteiger partial charge >= 0.3 is 0 Å². The van der Waals surface area contributed by atoms with E-state index in [9.17, 15) is 4.79 Å². The lowest BCUT2D eigenvalue weighted by Gasteiger charge is -2.02. The van der Waals surface area contributed by atoms with Crippen LogP contribution in [0.25, 0.3) is 0 Å². The molecule has 0 bridgehead atoms. The van der Waals surface area contributed by atoms with E-state index < -0.39 is 0 Å². The largest absolute Gasteiger partial charge is 0.400 e. The van der Waals surface area contributed by atoms with Crippen molar-refractivity contribution in [2.24, 2.45) is 11.5 Å². The molecule has 0 rings (SSSR count). The van der Waals surface area contributed by atoms with Gasteiger partial charge < -0.3 is 16.8 Å². The van der Waals surface area contributed by atoms with Gasteiger partial charge in [0.2, 0.25) is 0 Å². The van der Waals surface area contributed by atoms with Gasteiger partial charge in [-0.05, 0) is 19.1 Å². The van der Waals surface area contributed by atoms with Crippen LogP contribution in [0.3, 0.4) is 0 Å². The number of hydrogen-bond acceptors (Lipinski definition) is 3. The summed E-state index contributed by atoms with van der Waals surface area (Å²) in [5.74, 6) is 0. The molecular formula is C5H9N3OS. The van der Waals surface area contributed by atoms with Gasteiger partial charge in [-0.1, -0.05) is 0 Å². The average molecular weight is 159 g/mol. The van der Waals surface area contributed by atoms with Gasteiger partial charge in [0.15, 0.2) is 11.4 Å². The van der Waals surface area contributed by atoms with Crippen molar-refractivity contribution in [2.45, 2.75) is 6.92 Å². The monoisotopic (exact) mass is 159 g/mol. The van der Waals surface area contributed by atoms with Gasteiger partial charge in [-0.2, -0.15) is 0 Å². The third kappa shape index (κ3) is 3.03. The molecule has 0 aromatic rings. The first-order chi connectivity index (χ1) is 4.57. The molecule has 0 radical (unpaired) electrons. The van der Waals surface area contributed by atoms with Crippen molar-refractivity contribution >= 4 is 23.6 Å². The van der Waals surface area contributed by atoms with Gasteiger partial charge in [-0.25, -0.2) is 0 Å². The van der Waals surface area contributed by atoms with Crippen LogP contribution >= 0.6 is 12.2 Å². The standard InChI is InChI=1S/C5H9N3OS/c1-3(6)4(2-9)8-5(7)10/h2H,6H2,1H3,(H3,7,8,10). The second-order valence-electron chi connectivity index (χ2n) is 1.70. The fourth-order valence-electron chi connectivity index (χ4n) is 0.354. The van der Waals surface area contributed by atoms with Crippen molar-refractivity contribution in [1.29, 1.82) is 0 Å². The number of carbonyl (C=O) groups is 1. The van der Waals surface area contributed by atoms with Gasteiger partial charge in [0.25, 0.3) is 0 Å². The fourth-order valence-corrected chi connectivity index (χ4v) is 0.464. The molecule has 10 heavy (non-hydrogen) atoms. The van der Waals surface area contributed by atoms with Crippen LogP contribution in [0.4, 0.5) is 0 Å². The molecular weight excluding hydrogens is 150 g/mol. The van der Waals surface area contributed by atoms with Gasteiger partial charge in [-0.15, -0.1) is 0 Å². The van der Waals surface area contributed by atoms with E-state index in [1.807, 2.05) is 0 Å². The summed E-state index contributed by atoms with van der Waals surface area (Å²) in [6.07, 6.45) is 0.564. The number of carbonyl (C=O) groups excluding carboxylic acids is 1. The maximum absolute atomic E-state index is 10.2. The van der Waals surface area contributed by atoms with Gasteiger partial charge in [0.05, 0.1) is 5.70 Å². The number of hydrogen-bond donors (Lipinski definition) is 3. The van der Waals surface area contributed by atoms with E-state index in [0.29, 0.717) is 12.0 Å². The predicted octanol–water partition coefficient (Wildman–Crippen LogP) is -0.791. The highest BCUT2D eigenvalue weighted by Gasteiger charge is 1.96. The van der Waals surface area contributed by atoms with E-state index in [-0.39, 0.29) is 10.8 Å². The fraction of sp³-hybridized carbons (Fsp3) is 0.200. The summed E-state index contributed by atoms with van der Waals surface area (Å²) in [6, 6.07) is 0. The average Bonchev–Trinajstić information content (AvgIpc) is 1.81. The third-order valence-corrected chi connectivity index (χ3v) is 0.903. The smallest absolute Gasteiger partial charge is 0.168 e. The summed E-state index contributed by atoms with van der Waals surface area (Å²) in [5, 5.41) is 2.46. The first kappa shape index (κ1) is 8.90. The molecule has 0 saturated heterocycles. The first-order valence-electron chi connectivity index (χ1n) is 2.56. The van der Waals surface area contributed by atoms with Gasteiger partial charge in [-0.3, -0.25) is 4.79 Å². The zero-order valence-electron chi connectivity index (χ0n) is 5.55. The molecule has 0 aromatic heterocycles. The summed E-state index contributed by atoms with van der Waals surface area (Å²) in [4.78, 5) is 10.2. The third-order valence-electron chi connectivity index (χ3n) is 0.801. The predicted molar refractivity (Wildman–Crippen MR) is 42.9 cm³/mol. The Morgan fingerprint density at radius 1 is 1.60 bits per heavy atom. The van der Waals surface area contributed by atoms with Crippen molar-refractivity contribution in [3.8, 4) is 0 Å². The molecule has 0 unspecified atom stereocenters. The Kier molecular flexibility index (Phi) is 3.42. The quantitative estimate of drug-likeness (QED) is 0.279. The minimum atomic E-state index is 0.0342.